The standard InChI is InChI=1S/C25H52O4S.Na/c1-3-5-7-9-10-11-12-13-14-15-16-17-18-19-21-23-25(22-20-8-6-4-2)24-29-30(26,27)28;/h25H,3-24H2,1-2H3,(H,26,27,28);/q;+1/p-1. The first-order valence-corrected chi connectivity index (χ1v) is 14.4. The first-order chi connectivity index (χ1) is 14.5. The van der Waals surface area contributed by atoms with E-state index in [1.165, 1.54) is 109 Å². The Hall–Kier alpha value is 0.870. The summed E-state index contributed by atoms with van der Waals surface area (Å²) < 4.78 is 36.8. The van der Waals surface area contributed by atoms with Gasteiger partial charge in [0, 0.05) is 0 Å². The maximum atomic E-state index is 10.7. The van der Waals surface area contributed by atoms with E-state index in [9.17, 15) is 13.0 Å². The van der Waals surface area contributed by atoms with Crippen molar-refractivity contribution in [1.29, 1.82) is 0 Å². The zero-order valence-electron chi connectivity index (χ0n) is 21.2. The predicted octanol–water partition coefficient (Wildman–Crippen LogP) is 5.32. The normalized spacial score (nSPS) is 12.6. The van der Waals surface area contributed by atoms with Crippen molar-refractivity contribution >= 4 is 10.4 Å². The third-order valence-corrected chi connectivity index (χ3v) is 6.55. The molecular formula is C25H51NaO4S. The Morgan fingerprint density at radius 2 is 0.871 bits per heavy atom. The second kappa shape index (κ2) is 25.5. The molecule has 0 aromatic rings. The maximum Gasteiger partial charge on any atom is 1.00 e. The van der Waals surface area contributed by atoms with E-state index in [4.69, 9.17) is 0 Å². The molecule has 0 radical (unpaired) electrons. The monoisotopic (exact) mass is 470 g/mol. The zero-order valence-corrected chi connectivity index (χ0v) is 24.0. The largest absolute Gasteiger partial charge is 1.00 e. The van der Waals surface area contributed by atoms with Gasteiger partial charge in [-0.25, -0.2) is 8.42 Å². The molecule has 6 heteroatoms. The zero-order chi connectivity index (χ0) is 22.3. The first-order valence-electron chi connectivity index (χ1n) is 13.1. The van der Waals surface area contributed by atoms with E-state index in [1.807, 2.05) is 0 Å². The molecule has 0 aromatic heterocycles. The van der Waals surface area contributed by atoms with Crippen molar-refractivity contribution in [3.05, 3.63) is 0 Å². The van der Waals surface area contributed by atoms with Gasteiger partial charge in [0.2, 0.25) is 10.4 Å². The van der Waals surface area contributed by atoms with Crippen LogP contribution in [0.3, 0.4) is 0 Å². The molecule has 182 valence electrons. The van der Waals surface area contributed by atoms with Crippen LogP contribution in [0, 0.1) is 5.92 Å². The minimum atomic E-state index is -4.56. The van der Waals surface area contributed by atoms with Crippen LogP contribution in [-0.4, -0.2) is 19.6 Å². The fraction of sp³-hybridized carbons (Fsp3) is 1.00. The molecule has 0 aliphatic carbocycles. The van der Waals surface area contributed by atoms with Crippen molar-refractivity contribution in [3.63, 3.8) is 0 Å². The van der Waals surface area contributed by atoms with Crippen LogP contribution in [0.25, 0.3) is 0 Å². The molecule has 1 unspecified atom stereocenters. The Morgan fingerprint density at radius 3 is 1.19 bits per heavy atom. The molecule has 0 amide bonds. The summed E-state index contributed by atoms with van der Waals surface area (Å²) in [5.41, 5.74) is 0. The van der Waals surface area contributed by atoms with Gasteiger partial charge in [-0.3, -0.25) is 4.18 Å². The molecule has 0 aliphatic heterocycles. The van der Waals surface area contributed by atoms with Crippen LogP contribution >= 0.6 is 0 Å². The second-order valence-corrected chi connectivity index (χ2v) is 10.2. The SMILES string of the molecule is CCCCCCCCCCCCCCCCCC(CCCCCC)COS(=O)(=O)[O-].[Na+]. The van der Waals surface area contributed by atoms with Crippen LogP contribution in [-0.2, 0) is 14.6 Å². The summed E-state index contributed by atoms with van der Waals surface area (Å²) in [5, 5.41) is 0. The van der Waals surface area contributed by atoms with Crippen molar-refractivity contribution in [3.8, 4) is 0 Å². The first kappa shape index (κ1) is 34.0. The average molecular weight is 471 g/mol. The van der Waals surface area contributed by atoms with Crippen LogP contribution in [0.1, 0.15) is 149 Å². The van der Waals surface area contributed by atoms with Gasteiger partial charge < -0.3 is 4.55 Å². The Labute approximate surface area is 217 Å². The Morgan fingerprint density at radius 1 is 0.581 bits per heavy atom. The van der Waals surface area contributed by atoms with E-state index in [2.05, 4.69) is 18.0 Å². The molecule has 0 aromatic carbocycles. The fourth-order valence-electron chi connectivity index (χ4n) is 4.15. The van der Waals surface area contributed by atoms with Gasteiger partial charge >= 0.3 is 29.6 Å². The molecule has 0 aliphatic rings. The summed E-state index contributed by atoms with van der Waals surface area (Å²) in [5.74, 6) is 0.201. The summed E-state index contributed by atoms with van der Waals surface area (Å²) in [7, 11) is -4.56. The quantitative estimate of drug-likeness (QED) is 0.0829. The van der Waals surface area contributed by atoms with Gasteiger partial charge in [-0.2, -0.15) is 0 Å². The van der Waals surface area contributed by atoms with Crippen molar-refractivity contribution < 1.29 is 46.7 Å². The Balaban J connectivity index is 0. The third kappa shape index (κ3) is 28.8. The molecule has 0 heterocycles. The van der Waals surface area contributed by atoms with Crippen molar-refractivity contribution in [2.45, 2.75) is 149 Å². The molecule has 1 atom stereocenters. The van der Waals surface area contributed by atoms with Gasteiger partial charge in [0.15, 0.2) is 0 Å². The van der Waals surface area contributed by atoms with Gasteiger partial charge in [0.05, 0.1) is 6.61 Å². The summed E-state index contributed by atoms with van der Waals surface area (Å²) in [4.78, 5) is 0. The molecule has 0 fully saturated rings. The van der Waals surface area contributed by atoms with Gasteiger partial charge in [-0.15, -0.1) is 0 Å². The number of hydrogen-bond donors (Lipinski definition) is 0. The van der Waals surface area contributed by atoms with E-state index in [1.54, 1.807) is 0 Å². The van der Waals surface area contributed by atoms with Crippen LogP contribution in [0.15, 0.2) is 0 Å². The van der Waals surface area contributed by atoms with E-state index in [0.29, 0.717) is 0 Å². The molecule has 0 bridgehead atoms. The number of rotatable bonds is 24. The molecular weight excluding hydrogens is 419 g/mol. The van der Waals surface area contributed by atoms with Gasteiger partial charge in [-0.05, 0) is 18.8 Å². The topological polar surface area (TPSA) is 66.4 Å². The van der Waals surface area contributed by atoms with Gasteiger partial charge in [0.1, 0.15) is 0 Å². The predicted molar refractivity (Wildman–Crippen MR) is 127 cm³/mol. The Kier molecular flexibility index (Phi) is 28.0. The summed E-state index contributed by atoms with van der Waals surface area (Å²) in [6.07, 6.45) is 26.8. The van der Waals surface area contributed by atoms with Gasteiger partial charge in [-0.1, -0.05) is 136 Å². The molecule has 0 spiro atoms. The van der Waals surface area contributed by atoms with Crippen LogP contribution in [0.5, 0.6) is 0 Å². The van der Waals surface area contributed by atoms with Crippen molar-refractivity contribution in [1.82, 2.24) is 0 Å². The smallest absolute Gasteiger partial charge is 0.726 e. The molecule has 0 saturated carbocycles. The summed E-state index contributed by atoms with van der Waals surface area (Å²) in [6, 6.07) is 0. The molecule has 31 heavy (non-hydrogen) atoms. The van der Waals surface area contributed by atoms with Crippen LogP contribution in [0.4, 0.5) is 0 Å². The maximum absolute atomic E-state index is 10.7. The summed E-state index contributed by atoms with van der Waals surface area (Å²) >= 11 is 0. The van der Waals surface area contributed by atoms with Crippen molar-refractivity contribution in [2.24, 2.45) is 5.92 Å². The molecule has 4 nitrogen and oxygen atoms in total. The molecule has 0 N–H and O–H groups in total. The van der Waals surface area contributed by atoms with Crippen LogP contribution in [0.2, 0.25) is 0 Å². The van der Waals surface area contributed by atoms with E-state index in [-0.39, 0.29) is 42.1 Å². The third-order valence-electron chi connectivity index (χ3n) is 6.13. The van der Waals surface area contributed by atoms with E-state index >= 15 is 0 Å². The van der Waals surface area contributed by atoms with E-state index in [0.717, 1.165) is 25.7 Å². The molecule has 0 rings (SSSR count). The minimum absolute atomic E-state index is 0. The van der Waals surface area contributed by atoms with Crippen molar-refractivity contribution in [2.75, 3.05) is 6.61 Å². The minimum Gasteiger partial charge on any atom is -0.726 e. The summed E-state index contributed by atoms with van der Waals surface area (Å²) in [6.45, 7) is 4.52. The van der Waals surface area contributed by atoms with Crippen LogP contribution < -0.4 is 29.6 Å². The number of unbranched alkanes of at least 4 members (excludes halogenated alkanes) is 17. The van der Waals surface area contributed by atoms with E-state index < -0.39 is 10.4 Å². The fourth-order valence-corrected chi connectivity index (χ4v) is 4.51. The van der Waals surface area contributed by atoms with Gasteiger partial charge in [0.25, 0.3) is 0 Å². The Bertz CT molecular complexity index is 443. The molecule has 0 saturated heterocycles. The number of hydrogen-bond acceptors (Lipinski definition) is 4. The average Bonchev–Trinajstić information content (AvgIpc) is 2.70. The second-order valence-electron chi connectivity index (χ2n) is 9.15.